The minimum Gasteiger partial charge on any atom is -0.458 e. The minimum absolute atomic E-state index is 0.144. The number of hydrogen-bond donors (Lipinski definition) is 0. The lowest BCUT2D eigenvalue weighted by Gasteiger charge is -2.07. The van der Waals surface area contributed by atoms with E-state index < -0.39 is 0 Å². The van der Waals surface area contributed by atoms with Gasteiger partial charge in [0.1, 0.15) is 16.9 Å². The Morgan fingerprint density at radius 2 is 1.92 bits per heavy atom. The van der Waals surface area contributed by atoms with Gasteiger partial charge < -0.3 is 4.74 Å². The lowest BCUT2D eigenvalue weighted by Crippen LogP contribution is -2.19. The van der Waals surface area contributed by atoms with Crippen LogP contribution in [-0.2, 0) is 22.6 Å². The number of carbonyl (C=O) groups excluding carboxylic acids is 1. The molecule has 0 amide bonds. The molecule has 0 fully saturated rings. The number of thioether (sulfide) groups is 1. The zero-order chi connectivity index (χ0) is 16.4. The first-order valence-corrected chi connectivity index (χ1v) is 9.46. The molecular formula is C19H15NO2S2. The molecule has 24 heavy (non-hydrogen) atoms. The molecule has 1 aromatic heterocycles. The van der Waals surface area contributed by atoms with Crippen molar-refractivity contribution in [3.63, 3.8) is 0 Å². The highest BCUT2D eigenvalue weighted by atomic mass is 32.2. The monoisotopic (exact) mass is 353 g/mol. The van der Waals surface area contributed by atoms with E-state index in [1.165, 1.54) is 10.5 Å². The molecule has 1 aliphatic rings. The van der Waals surface area contributed by atoms with Crippen molar-refractivity contribution in [1.82, 2.24) is 4.98 Å². The van der Waals surface area contributed by atoms with Crippen molar-refractivity contribution >= 4 is 29.1 Å². The van der Waals surface area contributed by atoms with Crippen molar-refractivity contribution in [2.75, 3.05) is 0 Å². The summed E-state index contributed by atoms with van der Waals surface area (Å²) in [6.07, 6.45) is 0.742. The van der Waals surface area contributed by atoms with Crippen molar-refractivity contribution in [3.05, 3.63) is 71.2 Å². The van der Waals surface area contributed by atoms with E-state index in [9.17, 15) is 4.79 Å². The Labute approximate surface area is 148 Å². The summed E-state index contributed by atoms with van der Waals surface area (Å²) < 4.78 is 5.48. The zero-order valence-corrected chi connectivity index (χ0v) is 14.5. The van der Waals surface area contributed by atoms with Gasteiger partial charge in [0, 0.05) is 15.8 Å². The number of carbonyl (C=O) groups is 1. The first-order chi connectivity index (χ1) is 11.8. The van der Waals surface area contributed by atoms with Crippen LogP contribution in [0, 0.1) is 0 Å². The summed E-state index contributed by atoms with van der Waals surface area (Å²) in [7, 11) is 0. The Kier molecular flexibility index (Phi) is 4.36. The largest absolute Gasteiger partial charge is 0.458 e. The van der Waals surface area contributed by atoms with E-state index in [0.717, 1.165) is 22.7 Å². The van der Waals surface area contributed by atoms with E-state index in [1.807, 2.05) is 47.8 Å². The van der Waals surface area contributed by atoms with Crippen LogP contribution in [0.2, 0.25) is 0 Å². The van der Waals surface area contributed by atoms with Gasteiger partial charge in [0.2, 0.25) is 0 Å². The fraction of sp³-hybridized carbons (Fsp3) is 0.158. The maximum absolute atomic E-state index is 12.3. The number of rotatable bonds is 4. The Hall–Kier alpha value is -2.11. The second-order valence-corrected chi connectivity index (χ2v) is 7.64. The molecule has 2 heterocycles. The summed E-state index contributed by atoms with van der Waals surface area (Å²) in [5, 5.41) is 2.76. The Morgan fingerprint density at radius 1 is 1.12 bits per heavy atom. The average molecular weight is 353 g/mol. The molecule has 0 saturated heterocycles. The molecule has 0 spiro atoms. The highest BCUT2D eigenvalue weighted by Crippen LogP contribution is 2.37. The van der Waals surface area contributed by atoms with Gasteiger partial charge >= 0.3 is 5.97 Å². The molecule has 5 heteroatoms. The van der Waals surface area contributed by atoms with E-state index >= 15 is 0 Å². The number of thiazole rings is 1. The molecule has 3 nitrogen and oxygen atoms in total. The van der Waals surface area contributed by atoms with E-state index in [-0.39, 0.29) is 17.8 Å². The predicted molar refractivity (Wildman–Crippen MR) is 97.1 cm³/mol. The second-order valence-electron chi connectivity index (χ2n) is 5.54. The van der Waals surface area contributed by atoms with E-state index in [4.69, 9.17) is 4.74 Å². The molecule has 1 aliphatic heterocycles. The van der Waals surface area contributed by atoms with Gasteiger partial charge in [-0.25, -0.2) is 4.98 Å². The molecule has 120 valence electrons. The van der Waals surface area contributed by atoms with Gasteiger partial charge in [0.05, 0.1) is 5.69 Å². The van der Waals surface area contributed by atoms with Crippen LogP contribution in [0.4, 0.5) is 0 Å². The van der Waals surface area contributed by atoms with Gasteiger partial charge in [0.15, 0.2) is 0 Å². The second kappa shape index (κ2) is 6.79. The smallest absolute Gasteiger partial charge is 0.320 e. The van der Waals surface area contributed by atoms with E-state index in [1.54, 1.807) is 23.1 Å². The van der Waals surface area contributed by atoms with Gasteiger partial charge in [-0.1, -0.05) is 48.5 Å². The molecule has 0 bridgehead atoms. The molecule has 1 unspecified atom stereocenters. The van der Waals surface area contributed by atoms with Gasteiger partial charge in [-0.05, 0) is 18.1 Å². The first-order valence-electron chi connectivity index (χ1n) is 7.70. The van der Waals surface area contributed by atoms with E-state index in [2.05, 4.69) is 17.1 Å². The lowest BCUT2D eigenvalue weighted by atomic mass is 10.1. The number of esters is 1. The number of fused-ring (bicyclic) bond motifs is 1. The van der Waals surface area contributed by atoms with Crippen LogP contribution in [0.25, 0.3) is 10.6 Å². The molecule has 4 rings (SSSR count). The highest BCUT2D eigenvalue weighted by molar-refractivity contribution is 8.01. The fourth-order valence-corrected chi connectivity index (χ4v) is 4.64. The SMILES string of the molecule is O=C(OCc1csc(-c2ccccc2)n1)C1Cc2ccccc2S1. The van der Waals surface area contributed by atoms with Crippen LogP contribution in [0.5, 0.6) is 0 Å². The first kappa shape index (κ1) is 15.4. The molecule has 0 radical (unpaired) electrons. The Morgan fingerprint density at radius 3 is 2.75 bits per heavy atom. The van der Waals surface area contributed by atoms with Crippen LogP contribution in [-0.4, -0.2) is 16.2 Å². The third-order valence-electron chi connectivity index (χ3n) is 3.84. The van der Waals surface area contributed by atoms with Crippen LogP contribution in [0.1, 0.15) is 11.3 Å². The van der Waals surface area contributed by atoms with Crippen LogP contribution >= 0.6 is 23.1 Å². The summed E-state index contributed by atoms with van der Waals surface area (Å²) in [6, 6.07) is 18.2. The van der Waals surface area contributed by atoms with Gasteiger partial charge in [0.25, 0.3) is 0 Å². The summed E-state index contributed by atoms with van der Waals surface area (Å²) >= 11 is 3.16. The number of hydrogen-bond acceptors (Lipinski definition) is 5. The normalized spacial score (nSPS) is 15.9. The maximum Gasteiger partial charge on any atom is 0.320 e. The number of aromatic nitrogens is 1. The lowest BCUT2D eigenvalue weighted by molar-refractivity contribution is -0.144. The minimum atomic E-state index is -0.162. The van der Waals surface area contributed by atoms with Crippen molar-refractivity contribution in [2.45, 2.75) is 23.2 Å². The zero-order valence-electron chi connectivity index (χ0n) is 12.8. The van der Waals surface area contributed by atoms with Gasteiger partial charge in [-0.15, -0.1) is 23.1 Å². The summed E-state index contributed by atoms with van der Waals surface area (Å²) in [4.78, 5) is 18.0. The quantitative estimate of drug-likeness (QED) is 0.644. The summed E-state index contributed by atoms with van der Waals surface area (Å²) in [5.74, 6) is -0.162. The predicted octanol–water partition coefficient (Wildman–Crippen LogP) is 4.57. The van der Waals surface area contributed by atoms with Gasteiger partial charge in [-0.3, -0.25) is 4.79 Å². The van der Waals surface area contributed by atoms with Crippen LogP contribution in [0.15, 0.2) is 64.9 Å². The maximum atomic E-state index is 12.3. The van der Waals surface area contributed by atoms with Crippen molar-refractivity contribution in [2.24, 2.45) is 0 Å². The molecule has 2 aromatic carbocycles. The summed E-state index contributed by atoms with van der Waals surface area (Å²) in [5.41, 5.74) is 3.11. The number of ether oxygens (including phenoxy) is 1. The topological polar surface area (TPSA) is 39.2 Å². The fourth-order valence-electron chi connectivity index (χ4n) is 2.64. The van der Waals surface area contributed by atoms with Crippen molar-refractivity contribution in [3.8, 4) is 10.6 Å². The third kappa shape index (κ3) is 3.23. The van der Waals surface area contributed by atoms with Crippen LogP contribution < -0.4 is 0 Å². The molecule has 0 N–H and O–H groups in total. The highest BCUT2D eigenvalue weighted by Gasteiger charge is 2.29. The molecule has 0 saturated carbocycles. The molecular weight excluding hydrogens is 338 g/mol. The Bertz CT molecular complexity index is 836. The van der Waals surface area contributed by atoms with Crippen molar-refractivity contribution in [1.29, 1.82) is 0 Å². The summed E-state index contributed by atoms with van der Waals surface area (Å²) in [6.45, 7) is 0.232. The number of benzene rings is 2. The standard InChI is InChI=1S/C19H15NO2S2/c21-19(17-10-14-8-4-5-9-16(14)24-17)22-11-15-12-23-18(20-15)13-6-2-1-3-7-13/h1-9,12,17H,10-11H2. The molecule has 1 atom stereocenters. The van der Waals surface area contributed by atoms with Gasteiger partial charge in [-0.2, -0.15) is 0 Å². The molecule has 0 aliphatic carbocycles. The van der Waals surface area contributed by atoms with Crippen molar-refractivity contribution < 1.29 is 9.53 Å². The van der Waals surface area contributed by atoms with Crippen LogP contribution in [0.3, 0.4) is 0 Å². The third-order valence-corrected chi connectivity index (χ3v) is 6.08. The number of nitrogens with zero attached hydrogens (tertiary/aromatic N) is 1. The van der Waals surface area contributed by atoms with E-state index in [0.29, 0.717) is 0 Å². The Balaban J connectivity index is 1.36. The molecule has 3 aromatic rings. The average Bonchev–Trinajstić information content (AvgIpc) is 3.27.